The molecule has 0 aliphatic carbocycles. The molecule has 2 unspecified atom stereocenters. The summed E-state index contributed by atoms with van der Waals surface area (Å²) in [5.74, 6) is 1.38. The van der Waals surface area contributed by atoms with Crippen molar-refractivity contribution in [2.24, 2.45) is 0 Å². The summed E-state index contributed by atoms with van der Waals surface area (Å²) in [5, 5.41) is 7.85. The number of nitrogens with zero attached hydrogens (tertiary/aromatic N) is 3. The van der Waals surface area contributed by atoms with Crippen molar-refractivity contribution in [1.82, 2.24) is 20.4 Å². The number of aromatic nitrogens is 3. The van der Waals surface area contributed by atoms with Crippen LogP contribution in [0.15, 0.2) is 22.9 Å². The first-order valence-corrected chi connectivity index (χ1v) is 6.31. The van der Waals surface area contributed by atoms with Crippen molar-refractivity contribution >= 4 is 11.6 Å². The Hall–Kier alpha value is -1.46. The zero-order valence-corrected chi connectivity index (χ0v) is 10.7. The van der Waals surface area contributed by atoms with E-state index >= 15 is 0 Å². The van der Waals surface area contributed by atoms with Crippen LogP contribution in [0.2, 0.25) is 5.02 Å². The molecule has 6 heteroatoms. The molecule has 94 valence electrons. The molecule has 1 saturated heterocycles. The second-order valence-electron chi connectivity index (χ2n) is 4.43. The van der Waals surface area contributed by atoms with Gasteiger partial charge in [0, 0.05) is 12.2 Å². The lowest BCUT2D eigenvalue weighted by molar-refractivity contribution is 0.345. The molecule has 0 saturated carbocycles. The van der Waals surface area contributed by atoms with Gasteiger partial charge in [-0.1, -0.05) is 16.8 Å². The largest absolute Gasteiger partial charge is 0.339 e. The molecule has 1 aliphatic heterocycles. The van der Waals surface area contributed by atoms with E-state index in [9.17, 15) is 0 Å². The molecule has 1 N–H and O–H groups in total. The number of pyridine rings is 1. The van der Waals surface area contributed by atoms with Gasteiger partial charge in [0.15, 0.2) is 0 Å². The maximum Gasteiger partial charge on any atom is 0.231 e. The lowest BCUT2D eigenvalue weighted by Crippen LogP contribution is -2.21. The summed E-state index contributed by atoms with van der Waals surface area (Å²) in [5.41, 5.74) is 0.563. The summed E-state index contributed by atoms with van der Waals surface area (Å²) in [7, 11) is 0. The van der Waals surface area contributed by atoms with Gasteiger partial charge >= 0.3 is 0 Å². The summed E-state index contributed by atoms with van der Waals surface area (Å²) in [4.78, 5) is 8.58. The number of nitrogens with one attached hydrogen (secondary N) is 1. The molecule has 2 aromatic heterocycles. The van der Waals surface area contributed by atoms with Crippen LogP contribution in [-0.2, 0) is 0 Å². The normalized spacial score (nSPS) is 23.4. The molecule has 18 heavy (non-hydrogen) atoms. The van der Waals surface area contributed by atoms with Gasteiger partial charge in [0.05, 0.1) is 10.9 Å². The second-order valence-corrected chi connectivity index (χ2v) is 4.84. The number of rotatable bonds is 2. The van der Waals surface area contributed by atoms with Gasteiger partial charge in [-0.3, -0.25) is 4.98 Å². The van der Waals surface area contributed by atoms with Crippen LogP contribution in [0.25, 0.3) is 11.5 Å². The molecule has 1 fully saturated rings. The molecular weight excluding hydrogens is 252 g/mol. The van der Waals surface area contributed by atoms with Crippen LogP contribution in [0.1, 0.15) is 25.2 Å². The van der Waals surface area contributed by atoms with E-state index in [4.69, 9.17) is 16.1 Å². The summed E-state index contributed by atoms with van der Waals surface area (Å²) in [6.45, 7) is 3.10. The van der Waals surface area contributed by atoms with Crippen molar-refractivity contribution in [3.05, 3.63) is 29.2 Å². The Morgan fingerprint density at radius 1 is 1.50 bits per heavy atom. The summed E-state index contributed by atoms with van der Waals surface area (Å²) < 4.78 is 5.33. The summed E-state index contributed by atoms with van der Waals surface area (Å²) in [6.07, 6.45) is 2.68. The Morgan fingerprint density at radius 2 is 2.39 bits per heavy atom. The van der Waals surface area contributed by atoms with Gasteiger partial charge in [-0.05, 0) is 32.0 Å². The van der Waals surface area contributed by atoms with Crippen LogP contribution < -0.4 is 5.32 Å². The minimum atomic E-state index is 0.272. The fraction of sp³-hybridized carbons (Fsp3) is 0.417. The van der Waals surface area contributed by atoms with E-state index in [1.165, 1.54) is 0 Å². The molecule has 2 atom stereocenters. The molecule has 5 nitrogen and oxygen atoms in total. The maximum atomic E-state index is 6.06. The van der Waals surface area contributed by atoms with Gasteiger partial charge in [0.25, 0.3) is 0 Å². The van der Waals surface area contributed by atoms with Crippen molar-refractivity contribution in [3.8, 4) is 11.5 Å². The highest BCUT2D eigenvalue weighted by Crippen LogP contribution is 2.29. The first-order chi connectivity index (χ1) is 8.75. The van der Waals surface area contributed by atoms with Crippen LogP contribution in [0, 0.1) is 0 Å². The average molecular weight is 265 g/mol. The lowest BCUT2D eigenvalue weighted by atomic mass is 10.0. The quantitative estimate of drug-likeness (QED) is 0.901. The van der Waals surface area contributed by atoms with Crippen molar-refractivity contribution in [2.45, 2.75) is 25.3 Å². The highest BCUT2D eigenvalue weighted by Gasteiger charge is 2.29. The number of halogens is 1. The van der Waals surface area contributed by atoms with Gasteiger partial charge < -0.3 is 9.84 Å². The van der Waals surface area contributed by atoms with E-state index in [-0.39, 0.29) is 5.92 Å². The molecule has 0 amide bonds. The topological polar surface area (TPSA) is 63.8 Å². The van der Waals surface area contributed by atoms with Gasteiger partial charge in [-0.15, -0.1) is 0 Å². The third-order valence-electron chi connectivity index (χ3n) is 3.25. The Kier molecular flexibility index (Phi) is 3.01. The molecule has 1 aliphatic rings. The van der Waals surface area contributed by atoms with Crippen LogP contribution in [0.4, 0.5) is 0 Å². The van der Waals surface area contributed by atoms with Crippen LogP contribution in [0.5, 0.6) is 0 Å². The lowest BCUT2D eigenvalue weighted by Gasteiger charge is -2.08. The third-order valence-corrected chi connectivity index (χ3v) is 3.56. The van der Waals surface area contributed by atoms with Crippen LogP contribution >= 0.6 is 11.6 Å². The monoisotopic (exact) mass is 264 g/mol. The highest BCUT2D eigenvalue weighted by molar-refractivity contribution is 6.32. The molecule has 0 aromatic carbocycles. The standard InChI is InChI=1S/C12H13ClN4O/c1-7-8(4-6-14-7)12-16-11(17-18-12)10-9(13)3-2-5-15-10/h2-3,5,7-8,14H,4,6H2,1H3. The fourth-order valence-corrected chi connectivity index (χ4v) is 2.43. The SMILES string of the molecule is CC1NCCC1c1nc(-c2ncccc2Cl)no1. The Labute approximate surface area is 110 Å². The third kappa shape index (κ3) is 2.00. The minimum absolute atomic E-state index is 0.272. The Bertz CT molecular complexity index is 557. The summed E-state index contributed by atoms with van der Waals surface area (Å²) >= 11 is 6.06. The summed E-state index contributed by atoms with van der Waals surface area (Å²) in [6, 6.07) is 3.90. The minimum Gasteiger partial charge on any atom is -0.339 e. The van der Waals surface area contributed by atoms with Gasteiger partial charge in [0.1, 0.15) is 5.69 Å². The van der Waals surface area contributed by atoms with Crippen molar-refractivity contribution in [2.75, 3.05) is 6.54 Å². The molecule has 3 heterocycles. The molecular formula is C12H13ClN4O. The number of hydrogen-bond donors (Lipinski definition) is 1. The molecule has 0 bridgehead atoms. The van der Waals surface area contributed by atoms with E-state index in [2.05, 4.69) is 27.4 Å². The maximum absolute atomic E-state index is 6.06. The van der Waals surface area contributed by atoms with E-state index in [1.54, 1.807) is 18.3 Å². The van der Waals surface area contributed by atoms with Gasteiger partial charge in [-0.25, -0.2) is 0 Å². The smallest absolute Gasteiger partial charge is 0.231 e. The highest BCUT2D eigenvalue weighted by atomic mass is 35.5. The molecule has 0 radical (unpaired) electrons. The molecule has 2 aromatic rings. The average Bonchev–Trinajstić information content (AvgIpc) is 2.98. The van der Waals surface area contributed by atoms with Gasteiger partial charge in [-0.2, -0.15) is 4.98 Å². The zero-order valence-electron chi connectivity index (χ0n) is 9.93. The van der Waals surface area contributed by atoms with Crippen molar-refractivity contribution < 1.29 is 4.52 Å². The molecule has 3 rings (SSSR count). The van der Waals surface area contributed by atoms with E-state index in [1.807, 2.05) is 0 Å². The van der Waals surface area contributed by atoms with Gasteiger partial charge in [0.2, 0.25) is 11.7 Å². The van der Waals surface area contributed by atoms with Crippen molar-refractivity contribution in [3.63, 3.8) is 0 Å². The Balaban J connectivity index is 1.92. The fourth-order valence-electron chi connectivity index (χ4n) is 2.23. The van der Waals surface area contributed by atoms with Crippen LogP contribution in [0.3, 0.4) is 0 Å². The van der Waals surface area contributed by atoms with E-state index in [0.29, 0.717) is 28.5 Å². The van der Waals surface area contributed by atoms with E-state index < -0.39 is 0 Å². The predicted octanol–water partition coefficient (Wildman–Crippen LogP) is 2.25. The Morgan fingerprint density at radius 3 is 3.11 bits per heavy atom. The van der Waals surface area contributed by atoms with Crippen molar-refractivity contribution in [1.29, 1.82) is 0 Å². The first-order valence-electron chi connectivity index (χ1n) is 5.93. The first kappa shape index (κ1) is 11.6. The predicted molar refractivity (Wildman–Crippen MR) is 67.4 cm³/mol. The second kappa shape index (κ2) is 4.66. The van der Waals surface area contributed by atoms with E-state index in [0.717, 1.165) is 13.0 Å². The number of hydrogen-bond acceptors (Lipinski definition) is 5. The zero-order chi connectivity index (χ0) is 12.5. The molecule has 0 spiro atoms. The van der Waals surface area contributed by atoms with Crippen LogP contribution in [-0.4, -0.2) is 27.7 Å².